The van der Waals surface area contributed by atoms with Crippen LogP contribution in [0, 0.1) is 11.7 Å². The lowest BCUT2D eigenvalue weighted by atomic mass is 9.83. The fourth-order valence-corrected chi connectivity index (χ4v) is 5.25. The lowest BCUT2D eigenvalue weighted by Gasteiger charge is -2.50. The quantitative estimate of drug-likeness (QED) is 0.779. The number of ether oxygens (including phenoxy) is 1. The summed E-state index contributed by atoms with van der Waals surface area (Å²) in [7, 11) is 1.69. The third kappa shape index (κ3) is 3.38. The maximum Gasteiger partial charge on any atom is 0.228 e. The van der Waals surface area contributed by atoms with Crippen molar-refractivity contribution in [3.63, 3.8) is 0 Å². The van der Waals surface area contributed by atoms with Crippen molar-refractivity contribution in [2.75, 3.05) is 49.6 Å². The lowest BCUT2D eigenvalue weighted by Crippen LogP contribution is -2.61. The first-order chi connectivity index (χ1) is 14.6. The average Bonchev–Trinajstić information content (AvgIpc) is 3.33. The molecule has 0 spiro atoms. The number of piperazine rings is 1. The number of hydrogen-bond acceptors (Lipinski definition) is 4. The first-order valence-electron chi connectivity index (χ1n) is 10.9. The second-order valence-corrected chi connectivity index (χ2v) is 8.52. The van der Waals surface area contributed by atoms with Crippen LogP contribution < -0.4 is 14.5 Å². The Labute approximate surface area is 177 Å². The van der Waals surface area contributed by atoms with E-state index in [0.717, 1.165) is 63.4 Å². The molecule has 0 aromatic heterocycles. The van der Waals surface area contributed by atoms with Crippen molar-refractivity contribution in [2.45, 2.75) is 25.3 Å². The van der Waals surface area contributed by atoms with Crippen LogP contribution in [0.1, 0.15) is 18.4 Å². The third-order valence-corrected chi connectivity index (χ3v) is 6.85. The normalized spacial score (nSPS) is 23.2. The van der Waals surface area contributed by atoms with Gasteiger partial charge in [-0.1, -0.05) is 6.07 Å². The van der Waals surface area contributed by atoms with Crippen LogP contribution in [-0.4, -0.2) is 56.7 Å². The molecule has 1 amide bonds. The number of rotatable bonds is 3. The summed E-state index contributed by atoms with van der Waals surface area (Å²) >= 11 is 0. The van der Waals surface area contributed by atoms with Crippen LogP contribution in [0.25, 0.3) is 0 Å². The fourth-order valence-electron chi connectivity index (χ4n) is 5.25. The zero-order chi connectivity index (χ0) is 20.7. The molecule has 3 aliphatic heterocycles. The average molecular weight is 410 g/mol. The van der Waals surface area contributed by atoms with E-state index in [1.165, 1.54) is 23.4 Å². The van der Waals surface area contributed by atoms with Crippen LogP contribution in [-0.2, 0) is 11.2 Å². The number of benzene rings is 2. The van der Waals surface area contributed by atoms with Crippen LogP contribution >= 0.6 is 0 Å². The van der Waals surface area contributed by atoms with Crippen molar-refractivity contribution in [3.05, 3.63) is 53.8 Å². The molecule has 2 saturated heterocycles. The van der Waals surface area contributed by atoms with Gasteiger partial charge in [-0.3, -0.25) is 4.79 Å². The summed E-state index contributed by atoms with van der Waals surface area (Å²) in [5, 5.41) is 0. The molecule has 0 radical (unpaired) electrons. The number of nitrogens with zero attached hydrogens (tertiary/aromatic N) is 3. The Morgan fingerprint density at radius 1 is 1.03 bits per heavy atom. The summed E-state index contributed by atoms with van der Waals surface area (Å²) < 4.78 is 18.9. The number of carbonyl (C=O) groups excluding carboxylic acids is 1. The molecule has 0 saturated carbocycles. The topological polar surface area (TPSA) is 36.0 Å². The van der Waals surface area contributed by atoms with Gasteiger partial charge < -0.3 is 19.4 Å². The molecule has 2 aromatic rings. The number of hydrogen-bond donors (Lipinski definition) is 0. The molecule has 158 valence electrons. The maximum atomic E-state index is 13.5. The van der Waals surface area contributed by atoms with Gasteiger partial charge >= 0.3 is 0 Å². The summed E-state index contributed by atoms with van der Waals surface area (Å²) in [5.41, 5.74) is 3.42. The monoisotopic (exact) mass is 409 g/mol. The molecule has 0 bridgehead atoms. The summed E-state index contributed by atoms with van der Waals surface area (Å²) in [6, 6.07) is 13.0. The molecule has 3 aliphatic rings. The van der Waals surface area contributed by atoms with Gasteiger partial charge in [-0.25, -0.2) is 4.39 Å². The molecule has 0 N–H and O–H groups in total. The largest absolute Gasteiger partial charge is 0.497 e. The van der Waals surface area contributed by atoms with Crippen LogP contribution in [0.4, 0.5) is 15.8 Å². The number of amides is 1. The van der Waals surface area contributed by atoms with Crippen molar-refractivity contribution < 1.29 is 13.9 Å². The summed E-state index contributed by atoms with van der Waals surface area (Å²) in [4.78, 5) is 20.2. The minimum Gasteiger partial charge on any atom is -0.497 e. The fraction of sp³-hybridized carbons (Fsp3) is 0.458. The van der Waals surface area contributed by atoms with Crippen molar-refractivity contribution >= 4 is 17.3 Å². The Hall–Kier alpha value is -2.76. The smallest absolute Gasteiger partial charge is 0.228 e. The second-order valence-electron chi connectivity index (χ2n) is 8.52. The summed E-state index contributed by atoms with van der Waals surface area (Å²) in [6.45, 7) is 4.17. The van der Waals surface area contributed by atoms with Crippen molar-refractivity contribution in [1.82, 2.24) is 4.90 Å². The van der Waals surface area contributed by atoms with Crippen LogP contribution in [0.15, 0.2) is 42.5 Å². The van der Waals surface area contributed by atoms with Gasteiger partial charge in [0.05, 0.1) is 19.1 Å². The highest BCUT2D eigenvalue weighted by Gasteiger charge is 2.43. The highest BCUT2D eigenvalue weighted by atomic mass is 19.1. The molecule has 5 nitrogen and oxygen atoms in total. The number of likely N-dealkylation sites (tertiary alicyclic amines) is 1. The van der Waals surface area contributed by atoms with E-state index in [-0.39, 0.29) is 23.7 Å². The number of carbonyl (C=O) groups is 1. The van der Waals surface area contributed by atoms with E-state index >= 15 is 0 Å². The molecule has 2 fully saturated rings. The van der Waals surface area contributed by atoms with E-state index in [1.807, 2.05) is 23.1 Å². The van der Waals surface area contributed by atoms with Crippen LogP contribution in [0.5, 0.6) is 5.75 Å². The lowest BCUT2D eigenvalue weighted by molar-refractivity contribution is -0.135. The van der Waals surface area contributed by atoms with E-state index in [4.69, 9.17) is 4.74 Å². The van der Waals surface area contributed by atoms with E-state index in [0.29, 0.717) is 0 Å². The van der Waals surface area contributed by atoms with Crippen molar-refractivity contribution in [1.29, 1.82) is 0 Å². The molecule has 30 heavy (non-hydrogen) atoms. The minimum absolute atomic E-state index is 0.0627. The van der Waals surface area contributed by atoms with Gasteiger partial charge in [0.2, 0.25) is 5.91 Å². The zero-order valence-corrected chi connectivity index (χ0v) is 17.4. The highest BCUT2D eigenvalue weighted by Crippen LogP contribution is 2.39. The van der Waals surface area contributed by atoms with Crippen LogP contribution in [0.3, 0.4) is 0 Å². The van der Waals surface area contributed by atoms with E-state index in [2.05, 4.69) is 21.9 Å². The Morgan fingerprint density at radius 3 is 2.53 bits per heavy atom. The standard InChI is InChI=1S/C24H28FN3O2/c1-30-20-9-4-17-14-21(24(29)26-10-2-3-11-26)23-16-27(12-13-28(23)22(17)15-20)19-7-5-18(25)6-8-19/h4-9,15,21,23H,2-3,10-14,16H2,1H3. The predicted molar refractivity (Wildman–Crippen MR) is 116 cm³/mol. The van der Waals surface area contributed by atoms with Crippen LogP contribution in [0.2, 0.25) is 0 Å². The van der Waals surface area contributed by atoms with E-state index in [9.17, 15) is 9.18 Å². The third-order valence-electron chi connectivity index (χ3n) is 6.85. The zero-order valence-electron chi connectivity index (χ0n) is 17.4. The van der Waals surface area contributed by atoms with Crippen molar-refractivity contribution in [3.8, 4) is 5.75 Å². The molecular formula is C24H28FN3O2. The number of methoxy groups -OCH3 is 1. The van der Waals surface area contributed by atoms with Gasteiger partial charge in [-0.05, 0) is 55.2 Å². The molecule has 3 heterocycles. The molecule has 2 aromatic carbocycles. The summed E-state index contributed by atoms with van der Waals surface area (Å²) in [5.74, 6) is 0.841. The first kappa shape index (κ1) is 19.2. The Kier molecular flexibility index (Phi) is 5.01. The van der Waals surface area contributed by atoms with E-state index in [1.54, 1.807) is 7.11 Å². The Bertz CT molecular complexity index is 927. The molecule has 2 unspecified atom stereocenters. The molecular weight excluding hydrogens is 381 g/mol. The van der Waals surface area contributed by atoms with Gasteiger partial charge in [0.15, 0.2) is 0 Å². The van der Waals surface area contributed by atoms with Gasteiger partial charge in [0, 0.05) is 50.2 Å². The SMILES string of the molecule is COc1ccc2c(c1)N1CCN(c3ccc(F)cc3)CC1C(C(=O)N1CCCC1)C2. The number of fused-ring (bicyclic) bond motifs is 3. The first-order valence-corrected chi connectivity index (χ1v) is 10.9. The highest BCUT2D eigenvalue weighted by molar-refractivity contribution is 5.83. The molecule has 0 aliphatic carbocycles. The van der Waals surface area contributed by atoms with E-state index < -0.39 is 0 Å². The van der Waals surface area contributed by atoms with Gasteiger partial charge in [0.1, 0.15) is 11.6 Å². The van der Waals surface area contributed by atoms with Gasteiger partial charge in [-0.15, -0.1) is 0 Å². The van der Waals surface area contributed by atoms with Gasteiger partial charge in [0.25, 0.3) is 0 Å². The van der Waals surface area contributed by atoms with Crippen molar-refractivity contribution in [2.24, 2.45) is 5.92 Å². The number of anilines is 2. The number of halogens is 1. The molecule has 6 heteroatoms. The second kappa shape index (κ2) is 7.82. The molecule has 2 atom stereocenters. The van der Waals surface area contributed by atoms with Gasteiger partial charge in [-0.2, -0.15) is 0 Å². The minimum atomic E-state index is -0.224. The Balaban J connectivity index is 1.48. The molecule has 5 rings (SSSR count). The maximum absolute atomic E-state index is 13.5. The Morgan fingerprint density at radius 2 is 1.80 bits per heavy atom. The summed E-state index contributed by atoms with van der Waals surface area (Å²) in [6.07, 6.45) is 2.96. The predicted octanol–water partition coefficient (Wildman–Crippen LogP) is 3.32.